The maximum absolute atomic E-state index is 12.2. The number of ether oxygens (including phenoxy) is 1. The van der Waals surface area contributed by atoms with Gasteiger partial charge in [0.2, 0.25) is 0 Å². The summed E-state index contributed by atoms with van der Waals surface area (Å²) in [5.74, 6) is -0.348. The van der Waals surface area contributed by atoms with E-state index in [2.05, 4.69) is 5.32 Å². The molecule has 0 fully saturated rings. The molecule has 0 spiro atoms. The van der Waals surface area contributed by atoms with E-state index in [9.17, 15) is 19.7 Å². The van der Waals surface area contributed by atoms with Gasteiger partial charge in [0.05, 0.1) is 15.6 Å². The summed E-state index contributed by atoms with van der Waals surface area (Å²) in [6.45, 7) is 3.08. The molecule has 9 heteroatoms. The van der Waals surface area contributed by atoms with Crippen LogP contribution in [0.15, 0.2) is 45.6 Å². The van der Waals surface area contributed by atoms with Gasteiger partial charge in [0.15, 0.2) is 6.61 Å². The fourth-order valence-electron chi connectivity index (χ4n) is 2.62. The van der Waals surface area contributed by atoms with Gasteiger partial charge in [-0.2, -0.15) is 0 Å². The van der Waals surface area contributed by atoms with Crippen LogP contribution in [0.1, 0.15) is 11.1 Å². The summed E-state index contributed by atoms with van der Waals surface area (Å²) in [6, 6.07) is 8.55. The Morgan fingerprint density at radius 2 is 1.96 bits per heavy atom. The number of non-ortho nitro benzene ring substituents is 1. The van der Waals surface area contributed by atoms with E-state index in [4.69, 9.17) is 20.8 Å². The molecule has 0 unspecified atom stereocenters. The number of halogens is 1. The number of nitrogens with one attached hydrogen (secondary N) is 1. The van der Waals surface area contributed by atoms with Crippen LogP contribution in [-0.4, -0.2) is 17.4 Å². The zero-order chi connectivity index (χ0) is 20.4. The number of carbonyl (C=O) groups is 1. The summed E-state index contributed by atoms with van der Waals surface area (Å²) in [5, 5.41) is 14.4. The van der Waals surface area contributed by atoms with Crippen LogP contribution in [0.4, 0.5) is 11.4 Å². The molecule has 28 heavy (non-hydrogen) atoms. The van der Waals surface area contributed by atoms with Gasteiger partial charge in [-0.25, -0.2) is 4.79 Å². The van der Waals surface area contributed by atoms with Crippen molar-refractivity contribution in [1.29, 1.82) is 0 Å². The zero-order valence-electron chi connectivity index (χ0n) is 14.9. The maximum Gasteiger partial charge on any atom is 0.336 e. The van der Waals surface area contributed by atoms with Crippen LogP contribution >= 0.6 is 11.6 Å². The molecule has 0 saturated carbocycles. The average molecular weight is 403 g/mol. The van der Waals surface area contributed by atoms with Gasteiger partial charge in [-0.05, 0) is 31.0 Å². The average Bonchev–Trinajstić information content (AvgIpc) is 2.62. The molecule has 0 radical (unpaired) electrons. The Balaban J connectivity index is 1.76. The maximum atomic E-state index is 12.2. The van der Waals surface area contributed by atoms with Crippen LogP contribution in [0.5, 0.6) is 5.75 Å². The summed E-state index contributed by atoms with van der Waals surface area (Å²) >= 11 is 6.19. The lowest BCUT2D eigenvalue weighted by Crippen LogP contribution is -2.20. The number of rotatable bonds is 5. The second-order valence-corrected chi connectivity index (χ2v) is 6.53. The van der Waals surface area contributed by atoms with E-state index in [1.165, 1.54) is 24.3 Å². The highest BCUT2D eigenvalue weighted by Gasteiger charge is 2.13. The Morgan fingerprint density at radius 3 is 2.68 bits per heavy atom. The first-order valence-electron chi connectivity index (χ1n) is 8.16. The van der Waals surface area contributed by atoms with Crippen molar-refractivity contribution >= 4 is 39.9 Å². The molecular weight excluding hydrogens is 388 g/mol. The first kappa shape index (κ1) is 19.4. The van der Waals surface area contributed by atoms with Crippen molar-refractivity contribution in [3.8, 4) is 5.75 Å². The molecule has 8 nitrogen and oxygen atoms in total. The topological polar surface area (TPSA) is 112 Å². The largest absolute Gasteiger partial charge is 0.482 e. The number of nitro groups is 1. The third-order valence-electron chi connectivity index (χ3n) is 4.07. The number of nitrogens with zero attached hydrogens (tertiary/aromatic N) is 1. The second-order valence-electron chi connectivity index (χ2n) is 6.12. The van der Waals surface area contributed by atoms with Gasteiger partial charge in [-0.15, -0.1) is 0 Å². The van der Waals surface area contributed by atoms with Gasteiger partial charge in [-0.1, -0.05) is 17.7 Å². The van der Waals surface area contributed by atoms with Crippen LogP contribution in [0.2, 0.25) is 5.02 Å². The number of nitro benzene ring substituents is 1. The highest BCUT2D eigenvalue weighted by molar-refractivity contribution is 6.32. The lowest BCUT2D eigenvalue weighted by Gasteiger charge is -2.11. The molecular formula is C19H15ClN2O6. The van der Waals surface area contributed by atoms with Crippen LogP contribution in [0.25, 0.3) is 11.0 Å². The van der Waals surface area contributed by atoms with Crippen LogP contribution in [0, 0.1) is 24.0 Å². The molecule has 144 valence electrons. The molecule has 0 aliphatic heterocycles. The van der Waals surface area contributed by atoms with Crippen molar-refractivity contribution < 1.29 is 18.9 Å². The fourth-order valence-corrected chi connectivity index (χ4v) is 2.84. The van der Waals surface area contributed by atoms with E-state index in [1.54, 1.807) is 26.0 Å². The highest BCUT2D eigenvalue weighted by Crippen LogP contribution is 2.31. The Hall–Kier alpha value is -3.39. The van der Waals surface area contributed by atoms with Crippen LogP contribution < -0.4 is 15.7 Å². The summed E-state index contributed by atoms with van der Waals surface area (Å²) in [7, 11) is 0. The molecule has 3 rings (SSSR count). The summed E-state index contributed by atoms with van der Waals surface area (Å²) < 4.78 is 10.6. The summed E-state index contributed by atoms with van der Waals surface area (Å²) in [4.78, 5) is 34.0. The number of amides is 1. The first-order chi connectivity index (χ1) is 13.2. The molecule has 1 N–H and O–H groups in total. The number of anilines is 1. The van der Waals surface area contributed by atoms with Gasteiger partial charge in [0.25, 0.3) is 11.6 Å². The fraction of sp³-hybridized carbons (Fsp3) is 0.158. The molecule has 1 heterocycles. The molecule has 2 aromatic carbocycles. The van der Waals surface area contributed by atoms with Gasteiger partial charge in [0.1, 0.15) is 11.3 Å². The van der Waals surface area contributed by atoms with Crippen molar-refractivity contribution in [3.63, 3.8) is 0 Å². The minimum absolute atomic E-state index is 0.134. The van der Waals surface area contributed by atoms with E-state index in [0.29, 0.717) is 27.8 Å². The van der Waals surface area contributed by atoms with Crippen LogP contribution in [0.3, 0.4) is 0 Å². The van der Waals surface area contributed by atoms with Gasteiger partial charge in [-0.3, -0.25) is 14.9 Å². The van der Waals surface area contributed by atoms with Gasteiger partial charge < -0.3 is 14.5 Å². The number of hydrogen-bond donors (Lipinski definition) is 1. The van der Waals surface area contributed by atoms with Crippen molar-refractivity contribution in [1.82, 2.24) is 0 Å². The molecule has 0 atom stereocenters. The van der Waals surface area contributed by atoms with E-state index >= 15 is 0 Å². The smallest absolute Gasteiger partial charge is 0.336 e. The molecule has 0 saturated heterocycles. The number of aryl methyl sites for hydroxylation is 2. The minimum Gasteiger partial charge on any atom is -0.482 e. The number of fused-ring (bicyclic) bond motifs is 1. The van der Waals surface area contributed by atoms with E-state index in [1.807, 2.05) is 0 Å². The number of benzene rings is 2. The third kappa shape index (κ3) is 4.12. The van der Waals surface area contributed by atoms with E-state index < -0.39 is 16.5 Å². The Labute approximate surface area is 163 Å². The van der Waals surface area contributed by atoms with Crippen molar-refractivity contribution in [2.24, 2.45) is 0 Å². The normalized spacial score (nSPS) is 10.7. The Kier molecular flexibility index (Phi) is 5.32. The lowest BCUT2D eigenvalue weighted by atomic mass is 10.1. The highest BCUT2D eigenvalue weighted by atomic mass is 35.5. The molecule has 3 aromatic rings. The van der Waals surface area contributed by atoms with Gasteiger partial charge in [0, 0.05) is 29.7 Å². The molecule has 0 aliphatic carbocycles. The summed E-state index contributed by atoms with van der Waals surface area (Å²) in [5.41, 5.74) is 1.34. The summed E-state index contributed by atoms with van der Waals surface area (Å²) in [6.07, 6.45) is 0. The van der Waals surface area contributed by atoms with E-state index in [0.717, 1.165) is 0 Å². The lowest BCUT2D eigenvalue weighted by molar-refractivity contribution is -0.384. The molecule has 1 amide bonds. The zero-order valence-corrected chi connectivity index (χ0v) is 15.7. The predicted octanol–water partition coefficient (Wildman–Crippen LogP) is 3.99. The van der Waals surface area contributed by atoms with E-state index in [-0.39, 0.29) is 23.1 Å². The molecule has 0 aliphatic rings. The number of hydrogen-bond acceptors (Lipinski definition) is 6. The van der Waals surface area contributed by atoms with Crippen LogP contribution in [-0.2, 0) is 4.79 Å². The monoisotopic (exact) mass is 402 g/mol. The van der Waals surface area contributed by atoms with Gasteiger partial charge >= 0.3 is 5.63 Å². The third-order valence-corrected chi connectivity index (χ3v) is 4.36. The van der Waals surface area contributed by atoms with Crippen molar-refractivity contribution in [2.45, 2.75) is 13.8 Å². The first-order valence-corrected chi connectivity index (χ1v) is 8.54. The standard InChI is InChI=1S/C19H15ClN2O6/c1-10-3-4-12(22(25)26)6-15(10)21-18(23)9-27-17-8-16-13(7-14(17)20)11(2)5-19(24)28-16/h3-8H,9H2,1-2H3,(H,21,23). The van der Waals surface area contributed by atoms with Crippen molar-refractivity contribution in [2.75, 3.05) is 11.9 Å². The van der Waals surface area contributed by atoms with Crippen molar-refractivity contribution in [3.05, 3.63) is 73.1 Å². The minimum atomic E-state index is -0.545. The number of carbonyl (C=O) groups excluding carboxylic acids is 1. The Morgan fingerprint density at radius 1 is 1.21 bits per heavy atom. The quantitative estimate of drug-likeness (QED) is 0.392. The predicted molar refractivity (Wildman–Crippen MR) is 104 cm³/mol. The molecule has 0 bridgehead atoms. The second kappa shape index (κ2) is 7.69. The SMILES string of the molecule is Cc1ccc([N+](=O)[O-])cc1NC(=O)COc1cc2oc(=O)cc(C)c2cc1Cl. The molecule has 1 aromatic heterocycles. The Bertz CT molecular complexity index is 1160.